The molecule has 8 nitrogen and oxygen atoms in total. The largest absolute Gasteiger partial charge is 0.435 e. The number of carbonyl (C=O) groups excluding carboxylic acids is 1. The van der Waals surface area contributed by atoms with Gasteiger partial charge in [-0.25, -0.2) is 4.79 Å². The van der Waals surface area contributed by atoms with Gasteiger partial charge in [-0.15, -0.1) is 10.2 Å². The Morgan fingerprint density at radius 3 is 2.37 bits per heavy atom. The van der Waals surface area contributed by atoms with Crippen LogP contribution in [0.15, 0.2) is 16.7 Å². The van der Waals surface area contributed by atoms with E-state index in [1.54, 1.807) is 6.92 Å². The van der Waals surface area contributed by atoms with Crippen LogP contribution in [-0.4, -0.2) is 26.4 Å². The summed E-state index contributed by atoms with van der Waals surface area (Å²) in [6, 6.07) is 1.19. The molecule has 0 atom stereocenters. The van der Waals surface area contributed by atoms with Crippen LogP contribution >= 0.6 is 0 Å². The van der Waals surface area contributed by atoms with Gasteiger partial charge in [0.1, 0.15) is 5.54 Å². The summed E-state index contributed by atoms with van der Waals surface area (Å²) in [5, 5.41) is 15.7. The van der Waals surface area contributed by atoms with E-state index < -0.39 is 23.4 Å². The van der Waals surface area contributed by atoms with Crippen LogP contribution in [0.1, 0.15) is 55.9 Å². The van der Waals surface area contributed by atoms with Gasteiger partial charge in [0, 0.05) is 6.92 Å². The van der Waals surface area contributed by atoms with Crippen LogP contribution in [0.2, 0.25) is 0 Å². The minimum absolute atomic E-state index is 0.0893. The van der Waals surface area contributed by atoms with Crippen LogP contribution in [0.25, 0.3) is 0 Å². The Morgan fingerprint density at radius 2 is 1.85 bits per heavy atom. The molecule has 27 heavy (non-hydrogen) atoms. The molecule has 0 aromatic carbocycles. The van der Waals surface area contributed by atoms with Gasteiger partial charge in [0.05, 0.1) is 0 Å². The molecular formula is C16H19F3N6O2. The second-order valence-electron chi connectivity index (χ2n) is 6.51. The van der Waals surface area contributed by atoms with Crippen molar-refractivity contribution in [1.82, 2.24) is 25.7 Å². The van der Waals surface area contributed by atoms with Crippen LogP contribution in [-0.2, 0) is 11.7 Å². The molecule has 1 aliphatic carbocycles. The van der Waals surface area contributed by atoms with E-state index in [0.29, 0.717) is 24.6 Å². The zero-order valence-electron chi connectivity index (χ0n) is 14.6. The fourth-order valence-corrected chi connectivity index (χ4v) is 3.15. The average Bonchev–Trinajstić information content (AvgIpc) is 2.91. The van der Waals surface area contributed by atoms with Crippen LogP contribution in [0.4, 0.5) is 23.8 Å². The van der Waals surface area contributed by atoms with Gasteiger partial charge in [0.2, 0.25) is 5.89 Å². The van der Waals surface area contributed by atoms with E-state index in [4.69, 9.17) is 4.52 Å². The number of aromatic nitrogens is 4. The van der Waals surface area contributed by atoms with Crippen molar-refractivity contribution in [2.45, 2.75) is 57.2 Å². The zero-order chi connectivity index (χ0) is 19.5. The fraction of sp³-hybridized carbons (Fsp3) is 0.562. The molecule has 2 amide bonds. The van der Waals surface area contributed by atoms with E-state index in [1.165, 1.54) is 0 Å². The predicted octanol–water partition coefficient (Wildman–Crippen LogP) is 3.56. The number of urea groups is 1. The lowest BCUT2D eigenvalue weighted by atomic mass is 9.89. The number of hydrogen-bond acceptors (Lipinski definition) is 6. The monoisotopic (exact) mass is 384 g/mol. The number of alkyl halides is 3. The van der Waals surface area contributed by atoms with Crippen LogP contribution in [0.5, 0.6) is 0 Å². The minimum atomic E-state index is -4.59. The van der Waals surface area contributed by atoms with E-state index in [-0.39, 0.29) is 5.82 Å². The maximum atomic E-state index is 12.5. The van der Waals surface area contributed by atoms with Crippen molar-refractivity contribution < 1.29 is 22.5 Å². The summed E-state index contributed by atoms with van der Waals surface area (Å²) in [5.41, 5.74) is -1.92. The Morgan fingerprint density at radius 1 is 1.15 bits per heavy atom. The van der Waals surface area contributed by atoms with Crippen molar-refractivity contribution in [3.05, 3.63) is 29.5 Å². The normalized spacial score (nSPS) is 17.2. The summed E-state index contributed by atoms with van der Waals surface area (Å²) in [4.78, 5) is 16.7. The Kier molecular flexibility index (Phi) is 5.29. The van der Waals surface area contributed by atoms with Gasteiger partial charge >= 0.3 is 12.2 Å². The minimum Gasteiger partial charge on any atom is -0.340 e. The fourth-order valence-electron chi connectivity index (χ4n) is 3.15. The highest BCUT2D eigenvalue weighted by atomic mass is 19.4. The quantitative estimate of drug-likeness (QED) is 0.784. The standard InChI is InChI=1S/C16H19F3N6O2/c1-10-20-13(25-27-10)15(8-4-2-3-5-9-15)22-14(26)21-12-7-6-11(23-24-12)16(17,18)19/h6-7H,2-5,8-9H2,1H3,(H2,21,22,24,26). The average molecular weight is 384 g/mol. The topological polar surface area (TPSA) is 106 Å². The van der Waals surface area contributed by atoms with Crippen molar-refractivity contribution in [1.29, 1.82) is 0 Å². The Hall–Kier alpha value is -2.72. The first-order valence-corrected chi connectivity index (χ1v) is 8.59. The number of aryl methyl sites for hydroxylation is 1. The zero-order valence-corrected chi connectivity index (χ0v) is 14.6. The molecule has 0 radical (unpaired) electrons. The number of amides is 2. The maximum Gasteiger partial charge on any atom is 0.435 e. The van der Waals surface area contributed by atoms with Crippen molar-refractivity contribution in [2.75, 3.05) is 5.32 Å². The number of nitrogens with one attached hydrogen (secondary N) is 2. The second kappa shape index (κ2) is 7.49. The van der Waals surface area contributed by atoms with Crippen molar-refractivity contribution in [2.24, 2.45) is 0 Å². The molecule has 1 fully saturated rings. The number of halogens is 3. The first kappa shape index (κ1) is 19.1. The van der Waals surface area contributed by atoms with Gasteiger partial charge in [0.15, 0.2) is 17.3 Å². The Labute approximate surface area is 152 Å². The van der Waals surface area contributed by atoms with Crippen molar-refractivity contribution in [3.63, 3.8) is 0 Å². The Balaban J connectivity index is 1.74. The molecular weight excluding hydrogens is 365 g/mol. The third-order valence-corrected chi connectivity index (χ3v) is 4.46. The number of rotatable bonds is 3. The summed E-state index contributed by atoms with van der Waals surface area (Å²) in [7, 11) is 0. The van der Waals surface area contributed by atoms with E-state index >= 15 is 0 Å². The van der Waals surface area contributed by atoms with Gasteiger partial charge < -0.3 is 9.84 Å². The molecule has 0 aliphatic heterocycles. The lowest BCUT2D eigenvalue weighted by Crippen LogP contribution is -2.48. The summed E-state index contributed by atoms with van der Waals surface area (Å²) < 4.78 is 42.7. The first-order valence-electron chi connectivity index (χ1n) is 8.59. The number of nitrogens with zero attached hydrogens (tertiary/aromatic N) is 4. The van der Waals surface area contributed by atoms with Gasteiger partial charge in [-0.05, 0) is 25.0 Å². The third kappa shape index (κ3) is 4.52. The van der Waals surface area contributed by atoms with Gasteiger partial charge in [-0.1, -0.05) is 30.8 Å². The molecule has 0 saturated heterocycles. The maximum absolute atomic E-state index is 12.5. The molecule has 0 spiro atoms. The Bertz CT molecular complexity index is 782. The smallest absolute Gasteiger partial charge is 0.340 e. The highest BCUT2D eigenvalue weighted by Crippen LogP contribution is 2.34. The highest BCUT2D eigenvalue weighted by Gasteiger charge is 2.39. The van der Waals surface area contributed by atoms with Crippen LogP contribution < -0.4 is 10.6 Å². The molecule has 2 heterocycles. The number of hydrogen-bond donors (Lipinski definition) is 2. The van der Waals surface area contributed by atoms with E-state index in [9.17, 15) is 18.0 Å². The second-order valence-corrected chi connectivity index (χ2v) is 6.51. The van der Waals surface area contributed by atoms with Crippen LogP contribution in [0, 0.1) is 6.92 Å². The van der Waals surface area contributed by atoms with Gasteiger partial charge in [-0.2, -0.15) is 18.2 Å². The number of carbonyl (C=O) groups is 1. The third-order valence-electron chi connectivity index (χ3n) is 4.46. The molecule has 2 aromatic rings. The van der Waals surface area contributed by atoms with E-state index in [0.717, 1.165) is 37.8 Å². The summed E-state index contributed by atoms with van der Waals surface area (Å²) in [5.74, 6) is 0.702. The van der Waals surface area contributed by atoms with Gasteiger partial charge in [-0.3, -0.25) is 5.32 Å². The molecule has 11 heteroatoms. The molecule has 2 aromatic heterocycles. The SMILES string of the molecule is Cc1nc(C2(NC(=O)Nc3ccc(C(F)(F)F)nn3)CCCCCC2)no1. The van der Waals surface area contributed by atoms with Crippen molar-refractivity contribution >= 4 is 11.8 Å². The summed E-state index contributed by atoms with van der Waals surface area (Å²) in [6.45, 7) is 1.67. The molecule has 146 valence electrons. The lowest BCUT2D eigenvalue weighted by Gasteiger charge is -2.30. The molecule has 2 N–H and O–H groups in total. The van der Waals surface area contributed by atoms with E-state index in [1.807, 2.05) is 0 Å². The molecule has 0 unspecified atom stereocenters. The highest BCUT2D eigenvalue weighted by molar-refractivity contribution is 5.88. The number of anilines is 1. The molecule has 1 saturated carbocycles. The first-order chi connectivity index (χ1) is 12.8. The molecule has 0 bridgehead atoms. The van der Waals surface area contributed by atoms with Crippen LogP contribution in [0.3, 0.4) is 0 Å². The molecule has 1 aliphatic rings. The van der Waals surface area contributed by atoms with Crippen molar-refractivity contribution in [3.8, 4) is 0 Å². The summed E-state index contributed by atoms with van der Waals surface area (Å²) >= 11 is 0. The van der Waals surface area contributed by atoms with Gasteiger partial charge in [0.25, 0.3) is 0 Å². The van der Waals surface area contributed by atoms with E-state index in [2.05, 4.69) is 31.0 Å². The molecule has 3 rings (SSSR count). The lowest BCUT2D eigenvalue weighted by molar-refractivity contribution is -0.141. The predicted molar refractivity (Wildman–Crippen MR) is 87.6 cm³/mol. The summed E-state index contributed by atoms with van der Waals surface area (Å²) in [6.07, 6.45) is 0.519.